The van der Waals surface area contributed by atoms with Crippen molar-refractivity contribution >= 4 is 5.91 Å². The zero-order valence-corrected chi connectivity index (χ0v) is 18.9. The Morgan fingerprint density at radius 3 is 1.76 bits per heavy atom. The summed E-state index contributed by atoms with van der Waals surface area (Å²) < 4.78 is 5.10. The van der Waals surface area contributed by atoms with Gasteiger partial charge in [0.1, 0.15) is 5.75 Å². The summed E-state index contributed by atoms with van der Waals surface area (Å²) in [6.07, 6.45) is 24.2. The van der Waals surface area contributed by atoms with Gasteiger partial charge in [0.15, 0.2) is 0 Å². The molecule has 1 aromatic carbocycles. The third kappa shape index (κ3) is 13.9. The maximum Gasteiger partial charge on any atom is 0.255 e. The van der Waals surface area contributed by atoms with E-state index in [2.05, 4.69) is 18.3 Å². The van der Waals surface area contributed by atoms with Crippen molar-refractivity contribution in [2.75, 3.05) is 7.11 Å². The molecule has 0 aliphatic carbocycles. The highest BCUT2D eigenvalue weighted by Crippen LogP contribution is 2.13. The number of amides is 1. The number of hydrogen-bond donors (Lipinski definition) is 1. The van der Waals surface area contributed by atoms with Crippen LogP contribution >= 0.6 is 0 Å². The summed E-state index contributed by atoms with van der Waals surface area (Å²) in [6.45, 7) is 2.28. The largest absolute Gasteiger partial charge is 0.497 e. The summed E-state index contributed by atoms with van der Waals surface area (Å²) in [5.41, 5.74) is 0.645. The zero-order chi connectivity index (χ0) is 21.0. The monoisotopic (exact) mass is 401 g/mol. The van der Waals surface area contributed by atoms with E-state index in [1.807, 2.05) is 0 Å². The van der Waals surface area contributed by atoms with Gasteiger partial charge in [-0.15, -0.1) is 0 Å². The summed E-state index contributed by atoms with van der Waals surface area (Å²) in [6, 6.07) is 7.14. The Morgan fingerprint density at radius 1 is 0.793 bits per heavy atom. The molecule has 0 saturated heterocycles. The van der Waals surface area contributed by atoms with Crippen molar-refractivity contribution < 1.29 is 9.53 Å². The number of unbranched alkanes of at least 4 members (excludes halogenated alkanes) is 14. The maximum atomic E-state index is 12.0. The molecule has 1 amide bonds. The summed E-state index contributed by atoms with van der Waals surface area (Å²) >= 11 is 0. The predicted molar refractivity (Wildman–Crippen MR) is 125 cm³/mol. The third-order valence-electron chi connectivity index (χ3n) is 5.41. The molecule has 29 heavy (non-hydrogen) atoms. The van der Waals surface area contributed by atoms with E-state index >= 15 is 0 Å². The quantitative estimate of drug-likeness (QED) is 0.255. The minimum absolute atomic E-state index is 0.0788. The first-order valence-corrected chi connectivity index (χ1v) is 11.9. The van der Waals surface area contributed by atoms with Gasteiger partial charge in [-0.3, -0.25) is 4.79 Å². The van der Waals surface area contributed by atoms with Gasteiger partial charge in [-0.1, -0.05) is 96.5 Å². The van der Waals surface area contributed by atoms with Crippen molar-refractivity contribution in [2.45, 2.75) is 103 Å². The fraction of sp³-hybridized carbons (Fsp3) is 0.654. The van der Waals surface area contributed by atoms with Crippen LogP contribution in [0.1, 0.15) is 114 Å². The van der Waals surface area contributed by atoms with E-state index in [0.29, 0.717) is 5.56 Å². The molecule has 164 valence electrons. The molecule has 0 spiro atoms. The molecule has 0 unspecified atom stereocenters. The smallest absolute Gasteiger partial charge is 0.255 e. The van der Waals surface area contributed by atoms with Gasteiger partial charge in [0.2, 0.25) is 0 Å². The van der Waals surface area contributed by atoms with Crippen LogP contribution in [0.2, 0.25) is 0 Å². The Bertz CT molecular complexity index is 536. The second-order valence-corrected chi connectivity index (χ2v) is 7.99. The van der Waals surface area contributed by atoms with E-state index in [0.717, 1.165) is 12.2 Å². The van der Waals surface area contributed by atoms with Gasteiger partial charge in [0, 0.05) is 11.8 Å². The normalized spacial score (nSPS) is 11.1. The van der Waals surface area contributed by atoms with Crippen LogP contribution in [0, 0.1) is 0 Å². The Morgan fingerprint density at radius 2 is 1.28 bits per heavy atom. The second kappa shape index (κ2) is 18.3. The average molecular weight is 402 g/mol. The number of rotatable bonds is 18. The Kier molecular flexibility index (Phi) is 15.9. The van der Waals surface area contributed by atoms with Crippen molar-refractivity contribution in [3.05, 3.63) is 42.1 Å². The predicted octanol–water partition coefficient (Wildman–Crippen LogP) is 7.81. The van der Waals surface area contributed by atoms with Gasteiger partial charge < -0.3 is 10.1 Å². The zero-order valence-electron chi connectivity index (χ0n) is 18.9. The van der Waals surface area contributed by atoms with E-state index in [9.17, 15) is 4.79 Å². The highest BCUT2D eigenvalue weighted by atomic mass is 16.5. The SMILES string of the molecule is CCCCCCCCCCCCCCCCC=CNC(=O)c1ccc(OC)cc1. The van der Waals surface area contributed by atoms with Gasteiger partial charge in [0.05, 0.1) is 7.11 Å². The molecule has 3 nitrogen and oxygen atoms in total. The minimum atomic E-state index is -0.0788. The molecule has 1 N–H and O–H groups in total. The molecule has 0 aliphatic heterocycles. The topological polar surface area (TPSA) is 38.3 Å². The van der Waals surface area contributed by atoms with Crippen LogP contribution in [0.3, 0.4) is 0 Å². The lowest BCUT2D eigenvalue weighted by Crippen LogP contribution is -2.16. The highest BCUT2D eigenvalue weighted by Gasteiger charge is 2.02. The van der Waals surface area contributed by atoms with Crippen LogP contribution < -0.4 is 10.1 Å². The van der Waals surface area contributed by atoms with E-state index in [1.165, 1.54) is 89.9 Å². The number of carbonyl (C=O) groups is 1. The summed E-state index contributed by atoms with van der Waals surface area (Å²) in [7, 11) is 1.62. The molecule has 1 rings (SSSR count). The molecule has 1 aromatic rings. The van der Waals surface area contributed by atoms with E-state index in [-0.39, 0.29) is 5.91 Å². The minimum Gasteiger partial charge on any atom is -0.497 e. The van der Waals surface area contributed by atoms with Gasteiger partial charge in [-0.2, -0.15) is 0 Å². The first kappa shape index (κ1) is 25.3. The lowest BCUT2D eigenvalue weighted by Gasteiger charge is -2.03. The van der Waals surface area contributed by atoms with Crippen molar-refractivity contribution in [2.24, 2.45) is 0 Å². The first-order chi connectivity index (χ1) is 14.3. The van der Waals surface area contributed by atoms with Gasteiger partial charge >= 0.3 is 0 Å². The fourth-order valence-corrected chi connectivity index (χ4v) is 3.50. The van der Waals surface area contributed by atoms with Crippen molar-refractivity contribution in [1.29, 1.82) is 0 Å². The molecule has 0 heterocycles. The van der Waals surface area contributed by atoms with Crippen molar-refractivity contribution in [3.8, 4) is 5.75 Å². The lowest BCUT2D eigenvalue weighted by molar-refractivity contribution is 0.0970. The number of methoxy groups -OCH3 is 1. The molecular formula is C26H43NO2. The van der Waals surface area contributed by atoms with E-state index in [1.54, 1.807) is 37.6 Å². The number of allylic oxidation sites excluding steroid dienone is 1. The summed E-state index contributed by atoms with van der Waals surface area (Å²) in [4.78, 5) is 12.0. The maximum absolute atomic E-state index is 12.0. The van der Waals surface area contributed by atoms with Crippen molar-refractivity contribution in [3.63, 3.8) is 0 Å². The highest BCUT2D eigenvalue weighted by molar-refractivity contribution is 5.94. The van der Waals surface area contributed by atoms with Crippen LogP contribution in [0.5, 0.6) is 5.75 Å². The average Bonchev–Trinajstić information content (AvgIpc) is 2.75. The standard InChI is InChI=1S/C26H43NO2/c1-3-4-5-6-7-8-9-10-11-12-13-14-15-16-17-18-23-27-26(28)24-19-21-25(29-2)22-20-24/h18-23H,3-17H2,1-2H3,(H,27,28). The molecule has 0 radical (unpaired) electrons. The Hall–Kier alpha value is -1.77. The van der Waals surface area contributed by atoms with E-state index < -0.39 is 0 Å². The second-order valence-electron chi connectivity index (χ2n) is 7.99. The molecule has 3 heteroatoms. The van der Waals surface area contributed by atoms with Crippen molar-refractivity contribution in [1.82, 2.24) is 5.32 Å². The van der Waals surface area contributed by atoms with Gasteiger partial charge in [-0.25, -0.2) is 0 Å². The number of nitrogens with one attached hydrogen (secondary N) is 1. The number of ether oxygens (including phenoxy) is 1. The molecule has 0 saturated carbocycles. The number of hydrogen-bond acceptors (Lipinski definition) is 2. The van der Waals surface area contributed by atoms with Gasteiger partial charge in [-0.05, 0) is 37.1 Å². The lowest BCUT2D eigenvalue weighted by atomic mass is 10.0. The van der Waals surface area contributed by atoms with Crippen LogP contribution in [0.25, 0.3) is 0 Å². The summed E-state index contributed by atoms with van der Waals surface area (Å²) in [5, 5.41) is 2.83. The molecule has 0 atom stereocenters. The number of benzene rings is 1. The van der Waals surface area contributed by atoms with Crippen LogP contribution in [0.15, 0.2) is 36.5 Å². The van der Waals surface area contributed by atoms with Crippen LogP contribution in [-0.4, -0.2) is 13.0 Å². The number of carbonyl (C=O) groups excluding carboxylic acids is 1. The molecule has 0 aromatic heterocycles. The van der Waals surface area contributed by atoms with Gasteiger partial charge in [0.25, 0.3) is 5.91 Å². The molecule has 0 bridgehead atoms. The van der Waals surface area contributed by atoms with E-state index in [4.69, 9.17) is 4.74 Å². The summed E-state index contributed by atoms with van der Waals surface area (Å²) in [5.74, 6) is 0.680. The van der Waals surface area contributed by atoms with Crippen LogP contribution in [0.4, 0.5) is 0 Å². The fourth-order valence-electron chi connectivity index (χ4n) is 3.50. The third-order valence-corrected chi connectivity index (χ3v) is 5.41. The Labute approximate surface area is 179 Å². The molecule has 0 fully saturated rings. The molecular weight excluding hydrogens is 358 g/mol. The van der Waals surface area contributed by atoms with Crippen LogP contribution in [-0.2, 0) is 0 Å². The Balaban J connectivity index is 1.87. The molecule has 0 aliphatic rings. The first-order valence-electron chi connectivity index (χ1n) is 11.9.